The van der Waals surface area contributed by atoms with Crippen LogP contribution in [0.3, 0.4) is 0 Å². The normalized spacial score (nSPS) is 6.83. The third-order valence-corrected chi connectivity index (χ3v) is 3.51. The molecular formula is C4H7IMg. The largest absolute Gasteiger partial charge is 0.464 e. The number of hydrogen-bond acceptors (Lipinski definition) is 0. The Bertz CT molecular complexity index is 36.5. The predicted octanol–water partition coefficient (Wildman–Crippen LogP) is 2.04. The topological polar surface area (TPSA) is 0 Å². The molecule has 6 heavy (non-hydrogen) atoms. The molecule has 0 rings (SSSR count). The van der Waals surface area contributed by atoms with Gasteiger partial charge in [-0.05, 0) is 0 Å². The van der Waals surface area contributed by atoms with Crippen molar-refractivity contribution in [1.82, 2.24) is 0 Å². The van der Waals surface area contributed by atoms with Gasteiger partial charge in [-0.1, -0.05) is 12.5 Å². The Morgan fingerprint density at radius 1 is 1.83 bits per heavy atom. The van der Waals surface area contributed by atoms with Gasteiger partial charge < -0.3 is 18.9 Å². The Labute approximate surface area is 58.5 Å². The zero-order valence-corrected chi connectivity index (χ0v) is 7.36. The van der Waals surface area contributed by atoms with Crippen LogP contribution < -0.4 is 0 Å². The van der Waals surface area contributed by atoms with Crippen molar-refractivity contribution < 1.29 is 0 Å². The summed E-state index contributed by atoms with van der Waals surface area (Å²) in [6.07, 6.45) is 3.22. The van der Waals surface area contributed by atoms with Crippen molar-refractivity contribution >= 4 is 35.3 Å². The van der Waals surface area contributed by atoms with Crippen molar-refractivity contribution in [2.24, 2.45) is 0 Å². The van der Waals surface area contributed by atoms with E-state index in [1.807, 2.05) is 6.08 Å². The maximum absolute atomic E-state index is 3.62. The smallest absolute Gasteiger partial charge is 0.301 e. The second-order valence-corrected chi connectivity index (χ2v) is 5.44. The van der Waals surface area contributed by atoms with Crippen LogP contribution in [0.25, 0.3) is 0 Å². The molecule has 0 bridgehead atoms. The molecule has 0 nitrogen and oxygen atoms in total. The van der Waals surface area contributed by atoms with E-state index in [9.17, 15) is 0 Å². The highest BCUT2D eigenvalue weighted by atomic mass is 127. The van der Waals surface area contributed by atoms with Gasteiger partial charge in [0, 0.05) is 0 Å². The molecule has 0 aromatic carbocycles. The van der Waals surface area contributed by atoms with Crippen molar-refractivity contribution in [1.29, 1.82) is 0 Å². The maximum atomic E-state index is 3.62. The molecule has 0 radical (unpaired) electrons. The van der Waals surface area contributed by atoms with Crippen molar-refractivity contribution in [2.45, 2.75) is 11.0 Å². The molecule has 0 amide bonds. The minimum Gasteiger partial charge on any atom is -0.301 e. The molecule has 0 atom stereocenters. The number of allylic oxidation sites excluding steroid dienone is 1. The van der Waals surface area contributed by atoms with Crippen LogP contribution in [0.2, 0.25) is 4.55 Å². The van der Waals surface area contributed by atoms with Crippen LogP contribution in [0.1, 0.15) is 6.42 Å². The van der Waals surface area contributed by atoms with E-state index in [-0.39, 0.29) is 0 Å². The molecular weight excluding hydrogens is 199 g/mol. The standard InChI is InChI=1S/C4H7.HI.Mg/c1-3-4-2;;/h3H,1-2,4H2;1H;/q;;+1/p-1. The third kappa shape index (κ3) is 5.24. The van der Waals surface area contributed by atoms with Crippen LogP contribution in [-0.4, -0.2) is 16.5 Å². The second kappa shape index (κ2) is 6.24. The van der Waals surface area contributed by atoms with Crippen molar-refractivity contribution in [3.05, 3.63) is 12.7 Å². The van der Waals surface area contributed by atoms with Gasteiger partial charge >= 0.3 is 16.5 Å². The molecule has 32 valence electrons. The van der Waals surface area contributed by atoms with E-state index in [0.29, 0.717) is 16.5 Å². The number of rotatable bonds is 3. The van der Waals surface area contributed by atoms with Crippen molar-refractivity contribution in [3.8, 4) is 0 Å². The van der Waals surface area contributed by atoms with Gasteiger partial charge in [-0.3, -0.25) is 0 Å². The molecule has 0 spiro atoms. The SMILES string of the molecule is C=CC[CH2][Mg][I]. The molecule has 0 N–H and O–H groups in total. The quantitative estimate of drug-likeness (QED) is 0.287. The zero-order chi connectivity index (χ0) is 4.83. The van der Waals surface area contributed by atoms with Crippen molar-refractivity contribution in [2.75, 3.05) is 0 Å². The molecule has 2 heteroatoms. The monoisotopic (exact) mass is 206 g/mol. The van der Waals surface area contributed by atoms with Crippen molar-refractivity contribution in [3.63, 3.8) is 0 Å². The van der Waals surface area contributed by atoms with E-state index in [2.05, 4.69) is 25.4 Å². The minimum atomic E-state index is 0.302. The fraction of sp³-hybridized carbons (Fsp3) is 0.500. The number of halogens is 1. The fourth-order valence-corrected chi connectivity index (χ4v) is 1.99. The lowest BCUT2D eigenvalue weighted by molar-refractivity contribution is 1.22. The van der Waals surface area contributed by atoms with Gasteiger partial charge in [0.1, 0.15) is 0 Å². The summed E-state index contributed by atoms with van der Waals surface area (Å²) >= 11 is 2.80. The molecule has 0 fully saturated rings. The molecule has 0 unspecified atom stereocenters. The Morgan fingerprint density at radius 3 is 2.67 bits per heavy atom. The van der Waals surface area contributed by atoms with E-state index in [1.54, 1.807) is 0 Å². The van der Waals surface area contributed by atoms with Crippen LogP contribution in [-0.2, 0) is 0 Å². The first-order valence-corrected chi connectivity index (χ1v) is 8.20. The molecule has 0 saturated heterocycles. The van der Waals surface area contributed by atoms with Crippen LogP contribution in [0.15, 0.2) is 12.7 Å². The summed E-state index contributed by atoms with van der Waals surface area (Å²) in [5.74, 6) is 0. The average Bonchev–Trinajstić information content (AvgIpc) is 1.61. The molecule has 0 aromatic heterocycles. The number of hydrogen-bond donors (Lipinski definition) is 0. The minimum absolute atomic E-state index is 0.302. The Hall–Kier alpha value is 1.24. The molecule has 0 aliphatic rings. The highest BCUT2D eigenvalue weighted by molar-refractivity contribution is 14.1. The van der Waals surface area contributed by atoms with Gasteiger partial charge in [0.05, 0.1) is 0 Å². The van der Waals surface area contributed by atoms with Gasteiger partial charge in [-0.25, -0.2) is 0 Å². The molecule has 0 aliphatic heterocycles. The van der Waals surface area contributed by atoms with E-state index < -0.39 is 0 Å². The first kappa shape index (κ1) is 7.24. The van der Waals surface area contributed by atoms with E-state index in [0.717, 1.165) is 0 Å². The van der Waals surface area contributed by atoms with E-state index in [4.69, 9.17) is 0 Å². The van der Waals surface area contributed by atoms with Gasteiger partial charge in [-0.2, -0.15) is 0 Å². The highest BCUT2D eigenvalue weighted by Gasteiger charge is 1.81. The first-order valence-electron chi connectivity index (χ1n) is 2.08. The summed E-state index contributed by atoms with van der Waals surface area (Å²) in [5.41, 5.74) is 0. The molecule has 0 saturated carbocycles. The Balaban J connectivity index is 2.49. The third-order valence-electron chi connectivity index (χ3n) is 0.542. The first-order chi connectivity index (χ1) is 2.91. The summed E-state index contributed by atoms with van der Waals surface area (Å²) in [6.45, 7) is 3.62. The molecule has 0 heterocycles. The van der Waals surface area contributed by atoms with Crippen LogP contribution in [0, 0.1) is 0 Å². The lowest BCUT2D eigenvalue weighted by atomic mass is 10.5. The fourth-order valence-electron chi connectivity index (χ4n) is 0.221. The van der Waals surface area contributed by atoms with Gasteiger partial charge in [0.15, 0.2) is 0 Å². The summed E-state index contributed by atoms with van der Waals surface area (Å²) in [6, 6.07) is 0. The Morgan fingerprint density at radius 2 is 2.50 bits per heavy atom. The highest BCUT2D eigenvalue weighted by Crippen LogP contribution is 1.91. The van der Waals surface area contributed by atoms with Gasteiger partial charge in [-0.15, -0.1) is 11.1 Å². The summed E-state index contributed by atoms with van der Waals surface area (Å²) < 4.78 is 1.42. The van der Waals surface area contributed by atoms with Crippen LogP contribution in [0.4, 0.5) is 0 Å². The molecule has 0 aromatic rings. The summed E-state index contributed by atoms with van der Waals surface area (Å²) in [7, 11) is 0. The zero-order valence-electron chi connectivity index (χ0n) is 3.78. The van der Waals surface area contributed by atoms with Crippen LogP contribution >= 0.6 is 18.9 Å². The summed E-state index contributed by atoms with van der Waals surface area (Å²) in [4.78, 5) is 0. The maximum Gasteiger partial charge on any atom is 0.464 e. The van der Waals surface area contributed by atoms with E-state index in [1.165, 1.54) is 11.0 Å². The van der Waals surface area contributed by atoms with Crippen LogP contribution in [0.5, 0.6) is 0 Å². The summed E-state index contributed by atoms with van der Waals surface area (Å²) in [5, 5.41) is 0. The predicted molar refractivity (Wildman–Crippen MR) is 39.4 cm³/mol. The lowest BCUT2D eigenvalue weighted by Gasteiger charge is -1.77. The second-order valence-electron chi connectivity index (χ2n) is 1.12. The lowest BCUT2D eigenvalue weighted by Crippen LogP contribution is -1.69. The van der Waals surface area contributed by atoms with E-state index >= 15 is 0 Å². The van der Waals surface area contributed by atoms with Gasteiger partial charge in [0.2, 0.25) is 0 Å². The Kier molecular flexibility index (Phi) is 7.52. The molecule has 0 aliphatic carbocycles. The van der Waals surface area contributed by atoms with Gasteiger partial charge in [0.25, 0.3) is 0 Å². The average molecular weight is 206 g/mol.